The Labute approximate surface area is 129 Å². The van der Waals surface area contributed by atoms with Gasteiger partial charge in [0.25, 0.3) is 0 Å². The van der Waals surface area contributed by atoms with Crippen molar-refractivity contribution in [2.45, 2.75) is 38.9 Å². The number of hydrogen-bond acceptors (Lipinski definition) is 5. The molecular weight excluding hydrogens is 283 g/mol. The lowest BCUT2D eigenvalue weighted by molar-refractivity contribution is 0.00578. The van der Waals surface area contributed by atoms with Crippen molar-refractivity contribution in [1.82, 2.24) is 4.98 Å². The second kappa shape index (κ2) is 5.12. The number of aromatic nitrogens is 1. The number of rotatable bonds is 3. The highest BCUT2D eigenvalue weighted by molar-refractivity contribution is 7.13. The van der Waals surface area contributed by atoms with Crippen LogP contribution < -0.4 is 10.8 Å². The Balaban J connectivity index is 1.81. The second-order valence-corrected chi connectivity index (χ2v) is 6.98. The highest BCUT2D eigenvalue weighted by Crippen LogP contribution is 2.36. The Morgan fingerprint density at radius 1 is 1.19 bits per heavy atom. The molecule has 1 aromatic heterocycles. The number of nitrogens with zero attached hydrogens (tertiary/aromatic N) is 1. The second-order valence-electron chi connectivity index (χ2n) is 6.12. The van der Waals surface area contributed by atoms with E-state index in [1.807, 2.05) is 29.6 Å². The summed E-state index contributed by atoms with van der Waals surface area (Å²) in [6.07, 6.45) is 2.80. The van der Waals surface area contributed by atoms with Gasteiger partial charge in [-0.3, -0.25) is 0 Å². The molecule has 21 heavy (non-hydrogen) atoms. The third-order valence-corrected chi connectivity index (χ3v) is 4.69. The lowest BCUT2D eigenvalue weighted by Crippen LogP contribution is -2.41. The van der Waals surface area contributed by atoms with Gasteiger partial charge in [-0.2, -0.15) is 0 Å². The van der Waals surface area contributed by atoms with Crippen molar-refractivity contribution in [2.24, 2.45) is 0 Å². The highest BCUT2D eigenvalue weighted by Gasteiger charge is 2.51. The van der Waals surface area contributed by atoms with Crippen molar-refractivity contribution < 1.29 is 9.31 Å². The first-order valence-corrected chi connectivity index (χ1v) is 7.80. The molecule has 0 bridgehead atoms. The molecule has 0 amide bonds. The molecule has 1 saturated heterocycles. The molecular formula is C15H18BN2O2S. The molecule has 3 rings (SSSR count). The minimum absolute atomic E-state index is 0.328. The van der Waals surface area contributed by atoms with E-state index in [0.717, 1.165) is 16.3 Å². The number of anilines is 2. The molecule has 2 aromatic rings. The summed E-state index contributed by atoms with van der Waals surface area (Å²) in [5.41, 5.74) is 1.31. The molecule has 4 nitrogen and oxygen atoms in total. The van der Waals surface area contributed by atoms with E-state index in [9.17, 15) is 0 Å². The van der Waals surface area contributed by atoms with E-state index in [4.69, 9.17) is 9.31 Å². The van der Waals surface area contributed by atoms with Crippen LogP contribution in [0.4, 0.5) is 10.8 Å². The first kappa shape index (κ1) is 14.6. The number of thiazole rings is 1. The Kier molecular flexibility index (Phi) is 3.55. The molecule has 0 unspecified atom stereocenters. The van der Waals surface area contributed by atoms with E-state index in [0.29, 0.717) is 0 Å². The minimum atomic E-state index is -0.348. The quantitative estimate of drug-likeness (QED) is 0.885. The smallest absolute Gasteiger partial charge is 0.399 e. The Bertz CT molecular complexity index is 612. The average molecular weight is 301 g/mol. The van der Waals surface area contributed by atoms with Gasteiger partial charge in [0, 0.05) is 11.1 Å². The van der Waals surface area contributed by atoms with Gasteiger partial charge in [-0.1, -0.05) is 12.1 Å². The third kappa shape index (κ3) is 2.84. The predicted octanol–water partition coefficient (Wildman–Crippen LogP) is 2.99. The maximum Gasteiger partial charge on any atom is 0.494 e. The van der Waals surface area contributed by atoms with E-state index in [1.165, 1.54) is 11.3 Å². The van der Waals surface area contributed by atoms with Gasteiger partial charge in [0.05, 0.1) is 11.2 Å². The number of hydrogen-bond donors (Lipinski definition) is 1. The van der Waals surface area contributed by atoms with Crippen LogP contribution in [0.25, 0.3) is 0 Å². The lowest BCUT2D eigenvalue weighted by atomic mass is 9.79. The van der Waals surface area contributed by atoms with E-state index in [1.54, 1.807) is 0 Å². The molecule has 0 atom stereocenters. The topological polar surface area (TPSA) is 43.4 Å². The van der Waals surface area contributed by atoms with E-state index < -0.39 is 0 Å². The van der Waals surface area contributed by atoms with Gasteiger partial charge >= 0.3 is 7.12 Å². The molecule has 1 aromatic carbocycles. The van der Waals surface area contributed by atoms with Gasteiger partial charge < -0.3 is 14.6 Å². The fourth-order valence-corrected chi connectivity index (χ4v) is 2.62. The summed E-state index contributed by atoms with van der Waals surface area (Å²) in [5, 5.41) is 5.89. The van der Waals surface area contributed by atoms with E-state index in [-0.39, 0.29) is 18.3 Å². The third-order valence-electron chi connectivity index (χ3n) is 4.05. The summed E-state index contributed by atoms with van der Waals surface area (Å²) in [7, 11) is -0.348. The zero-order valence-electron chi connectivity index (χ0n) is 12.6. The van der Waals surface area contributed by atoms with Gasteiger partial charge in [-0.05, 0) is 45.3 Å². The Morgan fingerprint density at radius 2 is 1.90 bits per heavy atom. The van der Waals surface area contributed by atoms with Gasteiger partial charge in [-0.15, -0.1) is 11.3 Å². The zero-order chi connectivity index (χ0) is 15.1. The molecule has 1 fully saturated rings. The summed E-state index contributed by atoms with van der Waals surface area (Å²) in [5.74, 6) is 0. The van der Waals surface area contributed by atoms with Crippen molar-refractivity contribution in [2.75, 3.05) is 5.32 Å². The Hall–Kier alpha value is -1.37. The van der Waals surface area contributed by atoms with Gasteiger partial charge in [0.2, 0.25) is 0 Å². The molecule has 109 valence electrons. The Morgan fingerprint density at radius 3 is 2.52 bits per heavy atom. The van der Waals surface area contributed by atoms with E-state index >= 15 is 0 Å². The van der Waals surface area contributed by atoms with Crippen LogP contribution in [0.3, 0.4) is 0 Å². The maximum atomic E-state index is 6.07. The van der Waals surface area contributed by atoms with Gasteiger partial charge in [-0.25, -0.2) is 4.98 Å². The maximum absolute atomic E-state index is 6.07. The van der Waals surface area contributed by atoms with Gasteiger partial charge in [0.1, 0.15) is 6.20 Å². The van der Waals surface area contributed by atoms with Crippen LogP contribution in [0.1, 0.15) is 27.7 Å². The van der Waals surface area contributed by atoms with Crippen LogP contribution in [0.5, 0.6) is 0 Å². The first-order valence-electron chi connectivity index (χ1n) is 6.92. The number of nitrogens with one attached hydrogen (secondary N) is 1. The summed E-state index contributed by atoms with van der Waals surface area (Å²) < 4.78 is 12.1. The molecule has 0 aliphatic carbocycles. The molecule has 1 N–H and O–H groups in total. The zero-order valence-corrected chi connectivity index (χ0v) is 13.5. The summed E-state index contributed by atoms with van der Waals surface area (Å²) in [6, 6.07) is 8.03. The van der Waals surface area contributed by atoms with Crippen LogP contribution in [-0.4, -0.2) is 23.3 Å². The van der Waals surface area contributed by atoms with Crippen LogP contribution in [-0.2, 0) is 9.31 Å². The predicted molar refractivity (Wildman–Crippen MR) is 86.4 cm³/mol. The van der Waals surface area contributed by atoms with Crippen LogP contribution in [0.15, 0.2) is 29.6 Å². The summed E-state index contributed by atoms with van der Waals surface area (Å²) in [6.45, 7) is 8.22. The van der Waals surface area contributed by atoms with Crippen LogP contribution in [0, 0.1) is 6.20 Å². The molecule has 1 radical (unpaired) electrons. The van der Waals surface area contributed by atoms with Crippen molar-refractivity contribution in [1.29, 1.82) is 0 Å². The summed E-state index contributed by atoms with van der Waals surface area (Å²) in [4.78, 5) is 4.10. The number of benzene rings is 1. The molecule has 6 heteroatoms. The van der Waals surface area contributed by atoms with E-state index in [2.05, 4.69) is 44.2 Å². The average Bonchev–Trinajstić information content (AvgIpc) is 2.97. The fourth-order valence-electron chi connectivity index (χ4n) is 2.12. The first-order chi connectivity index (χ1) is 9.87. The minimum Gasteiger partial charge on any atom is -0.399 e. The van der Waals surface area contributed by atoms with Crippen molar-refractivity contribution in [3.63, 3.8) is 0 Å². The molecule has 1 aliphatic heterocycles. The monoisotopic (exact) mass is 301 g/mol. The normalized spacial score (nSPS) is 19.7. The highest BCUT2D eigenvalue weighted by atomic mass is 32.1. The lowest BCUT2D eigenvalue weighted by Gasteiger charge is -2.32. The molecule has 1 aliphatic rings. The standard InChI is InChI=1S/C15H18BN2O2S/c1-14(2)15(3,4)20-16(19-14)11-6-5-7-12(10-11)18-13-17-8-9-21-13/h5-7,9-10H,1-4H3,(H,17,18). The fraction of sp³-hybridized carbons (Fsp3) is 0.400. The van der Waals surface area contributed by atoms with Crippen molar-refractivity contribution >= 4 is 34.7 Å². The molecule has 2 heterocycles. The largest absolute Gasteiger partial charge is 0.494 e. The van der Waals surface area contributed by atoms with Crippen LogP contribution in [0.2, 0.25) is 0 Å². The molecule has 0 spiro atoms. The van der Waals surface area contributed by atoms with Crippen molar-refractivity contribution in [3.8, 4) is 0 Å². The SMILES string of the molecule is CC1(C)OB(c2cccc(Nc3n[c]cs3)c2)OC1(C)C. The molecule has 0 saturated carbocycles. The summed E-state index contributed by atoms with van der Waals surface area (Å²) >= 11 is 1.52. The van der Waals surface area contributed by atoms with Crippen LogP contribution >= 0.6 is 11.3 Å². The van der Waals surface area contributed by atoms with Crippen molar-refractivity contribution in [3.05, 3.63) is 35.8 Å². The van der Waals surface area contributed by atoms with Gasteiger partial charge in [0.15, 0.2) is 5.13 Å².